The minimum absolute atomic E-state index is 0.0727. The molecule has 2 N–H and O–H groups in total. The summed E-state index contributed by atoms with van der Waals surface area (Å²) in [6.45, 7) is -0.628. The van der Waals surface area contributed by atoms with E-state index in [9.17, 15) is 14.7 Å². The normalized spacial score (nSPS) is 16.9. The number of amides is 1. The molecular formula is C23H24BF2N3O3. The molecule has 0 fully saturated rings. The highest BCUT2D eigenvalue weighted by molar-refractivity contribution is 6.58. The van der Waals surface area contributed by atoms with E-state index in [-0.39, 0.29) is 19.3 Å². The van der Waals surface area contributed by atoms with Gasteiger partial charge in [0.15, 0.2) is 5.70 Å². The van der Waals surface area contributed by atoms with Crippen molar-refractivity contribution in [3.05, 3.63) is 76.8 Å². The first-order chi connectivity index (χ1) is 15.2. The Bertz CT molecular complexity index is 1180. The zero-order chi connectivity index (χ0) is 23.0. The van der Waals surface area contributed by atoms with E-state index in [4.69, 9.17) is 0 Å². The Hall–Kier alpha value is -3.49. The number of aliphatic carboxylic acids is 1. The van der Waals surface area contributed by atoms with Crippen LogP contribution in [0.15, 0.2) is 54.2 Å². The molecule has 1 amide bonds. The number of hydrogen-bond acceptors (Lipinski definition) is 2. The smallest absolute Gasteiger partial charge is 0.480 e. The lowest BCUT2D eigenvalue weighted by molar-refractivity contribution is -0.362. The van der Waals surface area contributed by atoms with Crippen molar-refractivity contribution in [2.45, 2.75) is 39.2 Å². The van der Waals surface area contributed by atoms with E-state index in [1.807, 2.05) is 6.07 Å². The first kappa shape index (κ1) is 21.7. The number of hydrogen-bond donors (Lipinski definition) is 2. The molecule has 2 aromatic rings. The zero-order valence-electron chi connectivity index (χ0n) is 17.9. The van der Waals surface area contributed by atoms with Gasteiger partial charge in [0.2, 0.25) is 5.91 Å². The maximum Gasteiger partial charge on any atom is 0.737 e. The van der Waals surface area contributed by atoms with Crippen LogP contribution in [0, 0.1) is 13.8 Å². The van der Waals surface area contributed by atoms with E-state index in [0.29, 0.717) is 22.8 Å². The molecule has 0 bridgehead atoms. The first-order valence-electron chi connectivity index (χ1n) is 10.5. The summed E-state index contributed by atoms with van der Waals surface area (Å²) in [5.41, 5.74) is 3.27. The molecule has 0 spiro atoms. The summed E-state index contributed by atoms with van der Waals surface area (Å²) in [5.74, 6) is -1.63. The maximum atomic E-state index is 15.4. The molecule has 4 rings (SSSR count). The van der Waals surface area contributed by atoms with Crippen LogP contribution in [-0.2, 0) is 16.0 Å². The molecule has 2 aliphatic rings. The van der Waals surface area contributed by atoms with Crippen LogP contribution in [0.3, 0.4) is 0 Å². The molecule has 0 unspecified atom stereocenters. The number of halogens is 2. The fraction of sp³-hybridized carbons (Fsp3) is 0.261. The number of carbonyl (C=O) groups excluding carboxylic acids is 1. The quantitative estimate of drug-likeness (QED) is 0.651. The van der Waals surface area contributed by atoms with Crippen molar-refractivity contribution < 1.29 is 27.8 Å². The summed E-state index contributed by atoms with van der Waals surface area (Å²) in [7, 11) is 0. The number of carboxylic acids is 1. The number of nitrogens with one attached hydrogen (secondary N) is 1. The molecule has 9 heteroatoms. The topological polar surface area (TPSA) is 74.3 Å². The van der Waals surface area contributed by atoms with Crippen molar-refractivity contribution in [2.75, 3.05) is 0 Å². The number of allylic oxidation sites excluding steroid dienone is 2. The van der Waals surface area contributed by atoms with E-state index in [2.05, 4.69) is 5.32 Å². The highest BCUT2D eigenvalue weighted by Crippen LogP contribution is 2.34. The van der Waals surface area contributed by atoms with Gasteiger partial charge in [0.1, 0.15) is 11.8 Å². The van der Waals surface area contributed by atoms with Crippen LogP contribution in [0.4, 0.5) is 8.63 Å². The summed E-state index contributed by atoms with van der Waals surface area (Å²) in [4.78, 5) is 24.0. The average molecular weight is 439 g/mol. The third-order valence-electron chi connectivity index (χ3n) is 5.93. The summed E-state index contributed by atoms with van der Waals surface area (Å²) < 4.78 is 32.9. The van der Waals surface area contributed by atoms with Crippen LogP contribution in [0.25, 0.3) is 6.08 Å². The largest absolute Gasteiger partial charge is 0.737 e. The van der Waals surface area contributed by atoms with Crippen molar-refractivity contribution >= 4 is 30.6 Å². The molecule has 1 aromatic carbocycles. The van der Waals surface area contributed by atoms with E-state index < -0.39 is 24.9 Å². The molecular weight excluding hydrogens is 415 g/mol. The van der Waals surface area contributed by atoms with Crippen LogP contribution in [0.5, 0.6) is 0 Å². The molecule has 0 radical (unpaired) electrons. The SMILES string of the molecule is Cc1cc(C)n2c1C=C1C=CC(CCC(=O)N[C@@H](Cc3ccccc3)C(=O)O)=[N+]1[B-]2(F)F. The molecule has 0 saturated carbocycles. The summed E-state index contributed by atoms with van der Waals surface area (Å²) in [6.07, 6.45) is 5.08. The minimum atomic E-state index is -4.09. The highest BCUT2D eigenvalue weighted by Gasteiger charge is 2.52. The van der Waals surface area contributed by atoms with Crippen molar-refractivity contribution in [1.82, 2.24) is 9.79 Å². The van der Waals surface area contributed by atoms with Crippen molar-refractivity contribution in [2.24, 2.45) is 0 Å². The molecule has 0 aliphatic carbocycles. The van der Waals surface area contributed by atoms with Gasteiger partial charge in [0, 0.05) is 43.2 Å². The van der Waals surface area contributed by atoms with Gasteiger partial charge in [-0.25, -0.2) is 4.79 Å². The third kappa shape index (κ3) is 3.90. The number of benzene rings is 1. The molecule has 0 saturated heterocycles. The Morgan fingerprint density at radius 2 is 1.91 bits per heavy atom. The summed E-state index contributed by atoms with van der Waals surface area (Å²) in [5, 5.41) is 12.0. The van der Waals surface area contributed by atoms with Crippen molar-refractivity contribution in [1.29, 1.82) is 0 Å². The van der Waals surface area contributed by atoms with Crippen LogP contribution >= 0.6 is 0 Å². The number of rotatable bonds is 7. The van der Waals surface area contributed by atoms with E-state index >= 15 is 8.63 Å². The van der Waals surface area contributed by atoms with Gasteiger partial charge < -0.3 is 28.0 Å². The number of nitrogens with zero attached hydrogens (tertiary/aromatic N) is 2. The van der Waals surface area contributed by atoms with Gasteiger partial charge in [0.25, 0.3) is 0 Å². The second kappa shape index (κ2) is 8.22. The molecule has 1 aromatic heterocycles. The van der Waals surface area contributed by atoms with Gasteiger partial charge in [-0.15, -0.1) is 0 Å². The fourth-order valence-electron chi connectivity index (χ4n) is 4.45. The van der Waals surface area contributed by atoms with E-state index in [1.54, 1.807) is 62.4 Å². The van der Waals surface area contributed by atoms with Gasteiger partial charge in [-0.3, -0.25) is 4.79 Å². The lowest BCUT2D eigenvalue weighted by atomic mass is 9.90. The molecule has 6 nitrogen and oxygen atoms in total. The van der Waals surface area contributed by atoms with Gasteiger partial charge in [-0.2, -0.15) is 0 Å². The van der Waals surface area contributed by atoms with Gasteiger partial charge in [-0.1, -0.05) is 30.3 Å². The monoisotopic (exact) mass is 439 g/mol. The second-order valence-electron chi connectivity index (χ2n) is 8.22. The Labute approximate surface area is 184 Å². The standard InChI is InChI=1S/C23H24BF2N3O3/c1-15-12-16(2)28-21(15)14-19-9-8-18(29(19)24(28,25)26)10-11-22(30)27-20(23(31)32)13-17-6-4-3-5-7-17/h3-9,12,14,20H,10-11,13H2,1-2H3,(H,27,30)(H,31,32)/t20-/m0/s1. The van der Waals surface area contributed by atoms with Crippen molar-refractivity contribution in [3.63, 3.8) is 0 Å². The Morgan fingerprint density at radius 1 is 1.19 bits per heavy atom. The molecule has 1 atom stereocenters. The predicted molar refractivity (Wildman–Crippen MR) is 119 cm³/mol. The second-order valence-corrected chi connectivity index (χ2v) is 8.22. The minimum Gasteiger partial charge on any atom is -0.480 e. The van der Waals surface area contributed by atoms with Gasteiger partial charge in [-0.05, 0) is 36.7 Å². The van der Waals surface area contributed by atoms with Crippen molar-refractivity contribution in [3.8, 4) is 0 Å². The van der Waals surface area contributed by atoms with Crippen LogP contribution in [-0.4, -0.2) is 44.7 Å². The molecule has 166 valence electrons. The van der Waals surface area contributed by atoms with E-state index in [0.717, 1.165) is 20.1 Å². The van der Waals surface area contributed by atoms with Gasteiger partial charge >= 0.3 is 12.9 Å². The molecule has 3 heterocycles. The van der Waals surface area contributed by atoms with Crippen LogP contribution in [0.2, 0.25) is 0 Å². The van der Waals surface area contributed by atoms with Gasteiger partial charge in [0.05, 0.1) is 0 Å². The Kier molecular flexibility index (Phi) is 5.58. The Balaban J connectivity index is 1.48. The highest BCUT2D eigenvalue weighted by atomic mass is 19.2. The molecule has 2 aliphatic heterocycles. The van der Waals surface area contributed by atoms with Crippen LogP contribution in [0.1, 0.15) is 35.4 Å². The fourth-order valence-corrected chi connectivity index (χ4v) is 4.45. The zero-order valence-corrected chi connectivity index (χ0v) is 17.9. The number of aromatic nitrogens is 1. The third-order valence-corrected chi connectivity index (χ3v) is 5.93. The lowest BCUT2D eigenvalue weighted by Gasteiger charge is -2.30. The maximum absolute atomic E-state index is 15.4. The summed E-state index contributed by atoms with van der Waals surface area (Å²) in [6, 6.07) is 9.64. The Morgan fingerprint density at radius 3 is 2.59 bits per heavy atom. The first-order valence-corrected chi connectivity index (χ1v) is 10.5. The number of carboxylic acid groups (broad SMARTS) is 1. The van der Waals surface area contributed by atoms with E-state index in [1.165, 1.54) is 0 Å². The number of fused-ring (bicyclic) bond motifs is 2. The number of carbonyl (C=O) groups is 2. The average Bonchev–Trinajstić information content (AvgIpc) is 3.28. The predicted octanol–water partition coefficient (Wildman–Crippen LogP) is 3.30. The van der Waals surface area contributed by atoms with Crippen LogP contribution < -0.4 is 5.32 Å². The lowest BCUT2D eigenvalue weighted by Crippen LogP contribution is -2.50. The molecule has 32 heavy (non-hydrogen) atoms. The number of aryl methyl sites for hydroxylation is 2. The summed E-state index contributed by atoms with van der Waals surface area (Å²) >= 11 is 0.